The smallest absolute Gasteiger partial charge is 0.220 e. The highest BCUT2D eigenvalue weighted by Crippen LogP contribution is 2.04. The Labute approximate surface area is 94.9 Å². The molecule has 1 atom stereocenters. The predicted octanol–water partition coefficient (Wildman–Crippen LogP) is 1.01. The molecule has 0 saturated carbocycles. The number of nitrogens with one attached hydrogen (secondary N) is 1. The van der Waals surface area contributed by atoms with Crippen molar-refractivity contribution >= 4 is 5.91 Å². The highest BCUT2D eigenvalue weighted by Gasteiger charge is 2.06. The topological polar surface area (TPSA) is 75.4 Å². The van der Waals surface area contributed by atoms with Crippen LogP contribution in [0, 0.1) is 0 Å². The van der Waals surface area contributed by atoms with Crippen molar-refractivity contribution in [1.29, 1.82) is 0 Å². The van der Waals surface area contributed by atoms with Gasteiger partial charge in [0.1, 0.15) is 5.76 Å². The number of aromatic nitrogens is 1. The lowest BCUT2D eigenvalue weighted by Gasteiger charge is -2.04. The molecule has 16 heavy (non-hydrogen) atoms. The van der Waals surface area contributed by atoms with Crippen molar-refractivity contribution in [3.05, 3.63) is 17.8 Å². The molecule has 0 aromatic carbocycles. The molecule has 5 nitrogen and oxygen atoms in total. The molecule has 1 unspecified atom stereocenters. The fourth-order valence-corrected chi connectivity index (χ4v) is 1.20. The van der Waals surface area contributed by atoms with Crippen LogP contribution >= 0.6 is 0 Å². The van der Waals surface area contributed by atoms with Gasteiger partial charge in [0.2, 0.25) is 11.8 Å². The molecule has 0 saturated heterocycles. The Morgan fingerprint density at radius 2 is 2.44 bits per heavy atom. The number of rotatable bonds is 6. The molecule has 0 fully saturated rings. The Morgan fingerprint density at radius 3 is 3.00 bits per heavy atom. The second-order valence-corrected chi connectivity index (χ2v) is 3.74. The first-order valence-electron chi connectivity index (χ1n) is 5.50. The summed E-state index contributed by atoms with van der Waals surface area (Å²) in [6, 6.07) is 0. The zero-order valence-electron chi connectivity index (χ0n) is 9.69. The fourth-order valence-electron chi connectivity index (χ4n) is 1.20. The minimum Gasteiger partial charge on any atom is -0.444 e. The van der Waals surface area contributed by atoms with Gasteiger partial charge in [0.25, 0.3) is 0 Å². The first-order valence-corrected chi connectivity index (χ1v) is 5.50. The molecule has 2 N–H and O–H groups in total. The van der Waals surface area contributed by atoms with Crippen molar-refractivity contribution < 1.29 is 14.3 Å². The van der Waals surface area contributed by atoms with Crippen LogP contribution in [0.25, 0.3) is 0 Å². The monoisotopic (exact) mass is 226 g/mol. The number of aryl methyl sites for hydroxylation is 1. The Bertz CT molecular complexity index is 334. The van der Waals surface area contributed by atoms with E-state index in [1.54, 1.807) is 13.1 Å². The molecule has 0 aliphatic carbocycles. The Hall–Kier alpha value is -1.36. The van der Waals surface area contributed by atoms with Crippen molar-refractivity contribution in [2.75, 3.05) is 0 Å². The molecule has 1 amide bonds. The maximum Gasteiger partial charge on any atom is 0.220 e. The minimum atomic E-state index is -0.445. The van der Waals surface area contributed by atoms with E-state index in [-0.39, 0.29) is 5.91 Å². The van der Waals surface area contributed by atoms with E-state index in [0.717, 1.165) is 12.2 Å². The average molecular weight is 226 g/mol. The molecule has 0 aliphatic heterocycles. The molecule has 0 aliphatic rings. The number of carbonyl (C=O) groups excluding carboxylic acids is 1. The Morgan fingerprint density at radius 1 is 1.69 bits per heavy atom. The minimum absolute atomic E-state index is 0.0999. The van der Waals surface area contributed by atoms with Gasteiger partial charge < -0.3 is 14.8 Å². The molecule has 0 radical (unpaired) electrons. The largest absolute Gasteiger partial charge is 0.444 e. The van der Waals surface area contributed by atoms with Crippen LogP contribution in [0.2, 0.25) is 0 Å². The molecule has 0 bridgehead atoms. The SMILES string of the molecule is CCc1cnc(CNC(=O)CCC(C)O)o1. The summed E-state index contributed by atoms with van der Waals surface area (Å²) in [6.07, 6.45) is 2.80. The summed E-state index contributed by atoms with van der Waals surface area (Å²) >= 11 is 0. The summed E-state index contributed by atoms with van der Waals surface area (Å²) < 4.78 is 5.33. The third-order valence-electron chi connectivity index (χ3n) is 2.18. The van der Waals surface area contributed by atoms with Crippen LogP contribution in [-0.2, 0) is 17.8 Å². The Kier molecular flexibility index (Phi) is 4.98. The van der Waals surface area contributed by atoms with E-state index in [1.165, 1.54) is 0 Å². The average Bonchev–Trinajstić information content (AvgIpc) is 2.71. The number of carbonyl (C=O) groups is 1. The zero-order valence-corrected chi connectivity index (χ0v) is 9.69. The summed E-state index contributed by atoms with van der Waals surface area (Å²) in [6.45, 7) is 3.94. The van der Waals surface area contributed by atoms with Crippen molar-refractivity contribution in [2.45, 2.75) is 45.8 Å². The van der Waals surface area contributed by atoms with E-state index in [1.807, 2.05) is 6.92 Å². The second kappa shape index (κ2) is 6.27. The van der Waals surface area contributed by atoms with Gasteiger partial charge in [-0.2, -0.15) is 0 Å². The van der Waals surface area contributed by atoms with Crippen LogP contribution in [0.3, 0.4) is 0 Å². The van der Waals surface area contributed by atoms with Crippen LogP contribution in [0.1, 0.15) is 38.3 Å². The molecule has 1 aromatic heterocycles. The maximum absolute atomic E-state index is 11.3. The first kappa shape index (κ1) is 12.7. The number of hydrogen-bond acceptors (Lipinski definition) is 4. The molecule has 1 rings (SSSR count). The highest BCUT2D eigenvalue weighted by molar-refractivity contribution is 5.75. The van der Waals surface area contributed by atoms with Crippen molar-refractivity contribution in [1.82, 2.24) is 10.3 Å². The number of oxazole rings is 1. The summed E-state index contributed by atoms with van der Waals surface area (Å²) in [5.41, 5.74) is 0. The number of amides is 1. The Balaban J connectivity index is 2.26. The molecule has 90 valence electrons. The normalized spacial score (nSPS) is 12.4. The van der Waals surface area contributed by atoms with Gasteiger partial charge in [-0.25, -0.2) is 4.98 Å². The summed E-state index contributed by atoms with van der Waals surface area (Å²) in [5, 5.41) is 11.7. The number of aliphatic hydroxyl groups is 1. The van der Waals surface area contributed by atoms with Gasteiger partial charge >= 0.3 is 0 Å². The lowest BCUT2D eigenvalue weighted by molar-refractivity contribution is -0.121. The molecule has 1 aromatic rings. The van der Waals surface area contributed by atoms with Crippen LogP contribution in [0.15, 0.2) is 10.6 Å². The first-order chi connectivity index (χ1) is 7.61. The number of nitrogens with zero attached hydrogens (tertiary/aromatic N) is 1. The third-order valence-corrected chi connectivity index (χ3v) is 2.18. The van der Waals surface area contributed by atoms with Crippen LogP contribution in [0.4, 0.5) is 0 Å². The molecule has 5 heteroatoms. The van der Waals surface area contributed by atoms with E-state index in [2.05, 4.69) is 10.3 Å². The lowest BCUT2D eigenvalue weighted by atomic mass is 10.2. The third kappa shape index (κ3) is 4.44. The molecular formula is C11H18N2O3. The van der Waals surface area contributed by atoms with Gasteiger partial charge in [0.15, 0.2) is 0 Å². The van der Waals surface area contributed by atoms with Crippen LogP contribution in [0.5, 0.6) is 0 Å². The quantitative estimate of drug-likeness (QED) is 0.759. The van der Waals surface area contributed by atoms with Gasteiger partial charge in [0.05, 0.1) is 18.8 Å². The molecular weight excluding hydrogens is 208 g/mol. The van der Waals surface area contributed by atoms with Crippen molar-refractivity contribution in [3.8, 4) is 0 Å². The maximum atomic E-state index is 11.3. The van der Waals surface area contributed by atoms with Gasteiger partial charge in [-0.05, 0) is 13.3 Å². The standard InChI is InChI=1S/C11H18N2O3/c1-3-9-6-13-11(16-9)7-12-10(15)5-4-8(2)14/h6,8,14H,3-5,7H2,1-2H3,(H,12,15). The lowest BCUT2D eigenvalue weighted by Crippen LogP contribution is -2.23. The molecule has 1 heterocycles. The van der Waals surface area contributed by atoms with Gasteiger partial charge in [0, 0.05) is 12.8 Å². The van der Waals surface area contributed by atoms with Crippen LogP contribution < -0.4 is 5.32 Å². The summed E-state index contributed by atoms with van der Waals surface area (Å²) in [4.78, 5) is 15.3. The summed E-state index contributed by atoms with van der Waals surface area (Å²) in [5.74, 6) is 1.23. The van der Waals surface area contributed by atoms with E-state index in [0.29, 0.717) is 25.3 Å². The fraction of sp³-hybridized carbons (Fsp3) is 0.636. The van der Waals surface area contributed by atoms with Crippen molar-refractivity contribution in [3.63, 3.8) is 0 Å². The molecule has 0 spiro atoms. The number of aliphatic hydroxyl groups excluding tert-OH is 1. The van der Waals surface area contributed by atoms with Crippen LogP contribution in [-0.4, -0.2) is 22.1 Å². The van der Waals surface area contributed by atoms with Gasteiger partial charge in [-0.1, -0.05) is 6.92 Å². The second-order valence-electron chi connectivity index (χ2n) is 3.74. The highest BCUT2D eigenvalue weighted by atomic mass is 16.4. The zero-order chi connectivity index (χ0) is 12.0. The summed E-state index contributed by atoms with van der Waals surface area (Å²) in [7, 11) is 0. The van der Waals surface area contributed by atoms with E-state index >= 15 is 0 Å². The van der Waals surface area contributed by atoms with Gasteiger partial charge in [-0.3, -0.25) is 4.79 Å². The van der Waals surface area contributed by atoms with Crippen molar-refractivity contribution in [2.24, 2.45) is 0 Å². The van der Waals surface area contributed by atoms with Gasteiger partial charge in [-0.15, -0.1) is 0 Å². The van der Waals surface area contributed by atoms with E-state index < -0.39 is 6.10 Å². The number of hydrogen-bond donors (Lipinski definition) is 2. The van der Waals surface area contributed by atoms with E-state index in [4.69, 9.17) is 9.52 Å². The predicted molar refractivity (Wildman–Crippen MR) is 58.6 cm³/mol. The van der Waals surface area contributed by atoms with E-state index in [9.17, 15) is 4.79 Å².